The number of hydrogen-bond acceptors (Lipinski definition) is 2. The molecule has 0 aliphatic heterocycles. The van der Waals surface area contributed by atoms with Crippen molar-refractivity contribution in [1.82, 2.24) is 10.2 Å². The summed E-state index contributed by atoms with van der Waals surface area (Å²) in [5, 5.41) is 11.1. The van der Waals surface area contributed by atoms with Crippen LogP contribution in [0.2, 0.25) is 5.02 Å². The molecule has 6 heteroatoms. The first kappa shape index (κ1) is 13.1. The van der Waals surface area contributed by atoms with Crippen LogP contribution < -0.4 is 5.32 Å². The molecule has 100 valence electrons. The molecule has 0 fully saturated rings. The third-order valence-electron chi connectivity index (χ3n) is 2.82. The summed E-state index contributed by atoms with van der Waals surface area (Å²) in [7, 11) is 0. The molecular weight excluding hydrogens is 342 g/mol. The summed E-state index contributed by atoms with van der Waals surface area (Å²) < 4.78 is 0.763. The summed E-state index contributed by atoms with van der Waals surface area (Å²) in [6, 6.07) is 10.6. The number of H-pyrrole nitrogens is 1. The van der Waals surface area contributed by atoms with E-state index < -0.39 is 0 Å². The molecule has 3 rings (SSSR count). The first-order valence-electron chi connectivity index (χ1n) is 5.82. The van der Waals surface area contributed by atoms with Gasteiger partial charge in [-0.1, -0.05) is 27.5 Å². The van der Waals surface area contributed by atoms with Crippen LogP contribution >= 0.6 is 27.5 Å². The summed E-state index contributed by atoms with van der Waals surface area (Å²) in [4.78, 5) is 12.2. The van der Waals surface area contributed by atoms with Crippen molar-refractivity contribution in [2.24, 2.45) is 0 Å². The van der Waals surface area contributed by atoms with Gasteiger partial charge in [0.15, 0.2) is 0 Å². The van der Waals surface area contributed by atoms with Gasteiger partial charge < -0.3 is 5.32 Å². The minimum atomic E-state index is -0.216. The SMILES string of the molecule is O=C(Nc1ccc2cn[nH]c2c1)c1cc(Cl)cc(Br)c1. The molecule has 3 aromatic rings. The van der Waals surface area contributed by atoms with Gasteiger partial charge in [0.05, 0.1) is 11.7 Å². The normalized spacial score (nSPS) is 10.7. The molecule has 0 saturated carbocycles. The molecule has 0 bridgehead atoms. The fourth-order valence-electron chi connectivity index (χ4n) is 1.90. The second-order valence-corrected chi connectivity index (χ2v) is 5.64. The van der Waals surface area contributed by atoms with E-state index in [0.717, 1.165) is 15.4 Å². The third kappa shape index (κ3) is 2.69. The molecule has 0 atom stereocenters. The number of nitrogens with zero attached hydrogens (tertiary/aromatic N) is 1. The number of aromatic nitrogens is 2. The molecule has 0 aliphatic rings. The molecule has 2 N–H and O–H groups in total. The standard InChI is InChI=1S/C14H9BrClN3O/c15-10-3-9(4-11(16)5-10)14(20)18-12-2-1-8-7-17-19-13(8)6-12/h1-7H,(H,17,19)(H,18,20). The van der Waals surface area contributed by atoms with E-state index >= 15 is 0 Å². The highest BCUT2D eigenvalue weighted by atomic mass is 79.9. The topological polar surface area (TPSA) is 57.8 Å². The molecule has 0 saturated heterocycles. The number of rotatable bonds is 2. The van der Waals surface area contributed by atoms with E-state index in [4.69, 9.17) is 11.6 Å². The summed E-state index contributed by atoms with van der Waals surface area (Å²) in [5.74, 6) is -0.216. The van der Waals surface area contributed by atoms with Crippen LogP contribution in [0, 0.1) is 0 Å². The number of hydrogen-bond donors (Lipinski definition) is 2. The quantitative estimate of drug-likeness (QED) is 0.726. The summed E-state index contributed by atoms with van der Waals surface area (Å²) in [6.45, 7) is 0. The number of nitrogens with one attached hydrogen (secondary N) is 2. The average molecular weight is 351 g/mol. The highest BCUT2D eigenvalue weighted by Gasteiger charge is 2.08. The van der Waals surface area contributed by atoms with Gasteiger partial charge in [0.1, 0.15) is 0 Å². The Hall–Kier alpha value is -1.85. The maximum absolute atomic E-state index is 12.2. The number of carbonyl (C=O) groups is 1. The molecule has 0 spiro atoms. The monoisotopic (exact) mass is 349 g/mol. The summed E-state index contributed by atoms with van der Waals surface area (Å²) in [6.07, 6.45) is 1.73. The van der Waals surface area contributed by atoms with Crippen molar-refractivity contribution in [2.75, 3.05) is 5.32 Å². The van der Waals surface area contributed by atoms with Gasteiger partial charge in [-0.3, -0.25) is 9.89 Å². The van der Waals surface area contributed by atoms with E-state index in [0.29, 0.717) is 16.3 Å². The molecule has 4 nitrogen and oxygen atoms in total. The van der Waals surface area contributed by atoms with Crippen molar-refractivity contribution >= 4 is 50.0 Å². The highest BCUT2D eigenvalue weighted by molar-refractivity contribution is 9.10. The number of anilines is 1. The highest BCUT2D eigenvalue weighted by Crippen LogP contribution is 2.21. The van der Waals surface area contributed by atoms with Crippen LogP contribution in [0.4, 0.5) is 5.69 Å². The number of amides is 1. The fraction of sp³-hybridized carbons (Fsp3) is 0. The summed E-state index contributed by atoms with van der Waals surface area (Å²) >= 11 is 9.25. The van der Waals surface area contributed by atoms with Crippen molar-refractivity contribution in [2.45, 2.75) is 0 Å². The molecule has 1 heterocycles. The number of fused-ring (bicyclic) bond motifs is 1. The first-order chi connectivity index (χ1) is 9.61. The molecule has 1 amide bonds. The lowest BCUT2D eigenvalue weighted by Gasteiger charge is -2.06. The van der Waals surface area contributed by atoms with E-state index in [1.54, 1.807) is 24.4 Å². The largest absolute Gasteiger partial charge is 0.322 e. The zero-order valence-electron chi connectivity index (χ0n) is 10.2. The van der Waals surface area contributed by atoms with Crippen LogP contribution in [0.15, 0.2) is 47.1 Å². The first-order valence-corrected chi connectivity index (χ1v) is 6.99. The van der Waals surface area contributed by atoms with Crippen molar-refractivity contribution in [3.05, 3.63) is 57.7 Å². The van der Waals surface area contributed by atoms with Gasteiger partial charge >= 0.3 is 0 Å². The Labute approximate surface area is 128 Å². The Bertz CT molecular complexity index is 780. The van der Waals surface area contributed by atoms with E-state index in [9.17, 15) is 4.79 Å². The van der Waals surface area contributed by atoms with Crippen molar-refractivity contribution in [1.29, 1.82) is 0 Å². The van der Waals surface area contributed by atoms with Crippen LogP contribution in [0.5, 0.6) is 0 Å². The summed E-state index contributed by atoms with van der Waals surface area (Å²) in [5.41, 5.74) is 2.06. The van der Waals surface area contributed by atoms with Gasteiger partial charge in [0.25, 0.3) is 5.91 Å². The second-order valence-electron chi connectivity index (χ2n) is 4.28. The Morgan fingerprint density at radius 3 is 2.90 bits per heavy atom. The van der Waals surface area contributed by atoms with Gasteiger partial charge in [0, 0.05) is 26.1 Å². The maximum Gasteiger partial charge on any atom is 0.255 e. The maximum atomic E-state index is 12.2. The van der Waals surface area contributed by atoms with E-state index in [-0.39, 0.29) is 5.91 Å². The number of carbonyl (C=O) groups excluding carboxylic acids is 1. The third-order valence-corrected chi connectivity index (χ3v) is 3.50. The van der Waals surface area contributed by atoms with Crippen LogP contribution in [-0.4, -0.2) is 16.1 Å². The zero-order valence-corrected chi connectivity index (χ0v) is 12.5. The number of aromatic amines is 1. The number of halogens is 2. The van der Waals surface area contributed by atoms with Crippen LogP contribution in [0.1, 0.15) is 10.4 Å². The van der Waals surface area contributed by atoms with Gasteiger partial charge in [-0.25, -0.2) is 0 Å². The number of benzene rings is 2. The molecule has 2 aromatic carbocycles. The molecule has 1 aromatic heterocycles. The lowest BCUT2D eigenvalue weighted by molar-refractivity contribution is 0.102. The van der Waals surface area contributed by atoms with Gasteiger partial charge in [0.2, 0.25) is 0 Å². The van der Waals surface area contributed by atoms with Crippen LogP contribution in [0.25, 0.3) is 10.9 Å². The van der Waals surface area contributed by atoms with Crippen LogP contribution in [0.3, 0.4) is 0 Å². The smallest absolute Gasteiger partial charge is 0.255 e. The predicted molar refractivity (Wildman–Crippen MR) is 83.2 cm³/mol. The Morgan fingerprint density at radius 2 is 2.10 bits per heavy atom. The molecular formula is C14H9BrClN3O. The average Bonchev–Trinajstić information content (AvgIpc) is 2.85. The minimum Gasteiger partial charge on any atom is -0.322 e. The molecule has 0 radical (unpaired) electrons. The van der Waals surface area contributed by atoms with E-state index in [1.165, 1.54) is 0 Å². The predicted octanol–water partition coefficient (Wildman–Crippen LogP) is 4.23. The Morgan fingerprint density at radius 1 is 1.25 bits per heavy atom. The van der Waals surface area contributed by atoms with Gasteiger partial charge in [-0.05, 0) is 36.4 Å². The van der Waals surface area contributed by atoms with Crippen LogP contribution in [-0.2, 0) is 0 Å². The zero-order chi connectivity index (χ0) is 14.1. The molecule has 0 unspecified atom stereocenters. The van der Waals surface area contributed by atoms with E-state index in [2.05, 4.69) is 31.4 Å². The fourth-order valence-corrected chi connectivity index (χ4v) is 2.76. The van der Waals surface area contributed by atoms with E-state index in [1.807, 2.05) is 18.2 Å². The van der Waals surface area contributed by atoms with Gasteiger partial charge in [-0.2, -0.15) is 5.10 Å². The lowest BCUT2D eigenvalue weighted by Crippen LogP contribution is -2.11. The molecule has 20 heavy (non-hydrogen) atoms. The minimum absolute atomic E-state index is 0.216. The molecule has 0 aliphatic carbocycles. The lowest BCUT2D eigenvalue weighted by atomic mass is 10.2. The second kappa shape index (κ2) is 5.26. The van der Waals surface area contributed by atoms with Crippen molar-refractivity contribution in [3.63, 3.8) is 0 Å². The van der Waals surface area contributed by atoms with Crippen molar-refractivity contribution < 1.29 is 4.79 Å². The van der Waals surface area contributed by atoms with Gasteiger partial charge in [-0.15, -0.1) is 0 Å². The van der Waals surface area contributed by atoms with Crippen molar-refractivity contribution in [3.8, 4) is 0 Å². The Kier molecular flexibility index (Phi) is 3.46. The Balaban J connectivity index is 1.87.